The van der Waals surface area contributed by atoms with Gasteiger partial charge in [0.05, 0.1) is 6.17 Å². The van der Waals surface area contributed by atoms with Gasteiger partial charge >= 0.3 is 7.82 Å². The molecule has 6 nitrogen and oxygen atoms in total. The van der Waals surface area contributed by atoms with E-state index in [1.54, 1.807) is 0 Å². The molecule has 0 aliphatic carbocycles. The molecular weight excluding hydrogens is 207 g/mol. The maximum atomic E-state index is 8.88. The second-order valence-electron chi connectivity index (χ2n) is 3.60. The lowest BCUT2D eigenvalue weighted by molar-refractivity contribution is 0.192. The molecule has 14 heavy (non-hydrogen) atoms. The zero-order valence-corrected chi connectivity index (χ0v) is 9.85. The minimum absolute atomic E-state index is 0.625. The van der Waals surface area contributed by atoms with Gasteiger partial charge in [0, 0.05) is 12.6 Å². The van der Waals surface area contributed by atoms with Crippen LogP contribution in [0.15, 0.2) is 0 Å². The molecule has 0 aromatic carbocycles. The minimum Gasteiger partial charge on any atom is -0.303 e. The third-order valence-corrected chi connectivity index (χ3v) is 2.47. The number of rotatable bonds is 0. The van der Waals surface area contributed by atoms with Crippen molar-refractivity contribution >= 4 is 7.82 Å². The fraction of sp³-hybridized carbons (Fsp3) is 1.00. The first-order valence-corrected chi connectivity index (χ1v) is 5.90. The summed E-state index contributed by atoms with van der Waals surface area (Å²) in [6.07, 6.45) is 0.625. The molecule has 3 N–H and O–H groups in total. The van der Waals surface area contributed by atoms with Gasteiger partial charge in [0.1, 0.15) is 0 Å². The monoisotopic (exact) mass is 226 g/mol. The van der Waals surface area contributed by atoms with Gasteiger partial charge in [0.15, 0.2) is 0 Å². The van der Waals surface area contributed by atoms with Crippen molar-refractivity contribution in [1.82, 2.24) is 9.80 Å². The van der Waals surface area contributed by atoms with Crippen molar-refractivity contribution in [2.24, 2.45) is 0 Å². The summed E-state index contributed by atoms with van der Waals surface area (Å²) in [5.41, 5.74) is 0. The van der Waals surface area contributed by atoms with Crippen molar-refractivity contribution in [3.8, 4) is 0 Å². The van der Waals surface area contributed by atoms with E-state index in [1.165, 1.54) is 6.54 Å². The van der Waals surface area contributed by atoms with Crippen LogP contribution in [0.3, 0.4) is 0 Å². The third kappa shape index (κ3) is 5.70. The second-order valence-corrected chi connectivity index (χ2v) is 4.63. The van der Waals surface area contributed by atoms with Crippen molar-refractivity contribution in [2.45, 2.75) is 26.1 Å². The van der Waals surface area contributed by atoms with Gasteiger partial charge in [-0.15, -0.1) is 0 Å². The summed E-state index contributed by atoms with van der Waals surface area (Å²) < 4.78 is 8.88. The van der Waals surface area contributed by atoms with Crippen LogP contribution in [0.25, 0.3) is 0 Å². The summed E-state index contributed by atoms with van der Waals surface area (Å²) in [5.74, 6) is 0. The first-order valence-electron chi connectivity index (χ1n) is 4.33. The van der Waals surface area contributed by atoms with E-state index in [2.05, 4.69) is 37.7 Å². The van der Waals surface area contributed by atoms with Crippen molar-refractivity contribution in [1.29, 1.82) is 0 Å². The van der Waals surface area contributed by atoms with Crippen molar-refractivity contribution in [3.63, 3.8) is 0 Å². The van der Waals surface area contributed by atoms with E-state index in [1.807, 2.05) is 0 Å². The zero-order chi connectivity index (χ0) is 11.5. The Kier molecular flexibility index (Phi) is 5.22. The van der Waals surface area contributed by atoms with E-state index in [-0.39, 0.29) is 0 Å². The Bertz CT molecular complexity index is 199. The molecular formula is C7H19N2O4P. The van der Waals surface area contributed by atoms with Crippen LogP contribution < -0.4 is 0 Å². The predicted molar refractivity (Wildman–Crippen MR) is 53.6 cm³/mol. The SMILES string of the molecule is CC1CN(C)C(C)N1C.O=P(O)(O)O. The first-order chi connectivity index (χ1) is 6.13. The molecule has 86 valence electrons. The van der Waals surface area contributed by atoms with Gasteiger partial charge < -0.3 is 14.7 Å². The molecule has 1 aliphatic heterocycles. The Balaban J connectivity index is 0.000000292. The van der Waals surface area contributed by atoms with Crippen LogP contribution in [0.4, 0.5) is 0 Å². The molecule has 1 aliphatic rings. The highest BCUT2D eigenvalue weighted by Crippen LogP contribution is 2.25. The molecule has 0 radical (unpaired) electrons. The van der Waals surface area contributed by atoms with Crippen LogP contribution in [0, 0.1) is 0 Å². The molecule has 1 heterocycles. The third-order valence-electron chi connectivity index (χ3n) is 2.47. The topological polar surface area (TPSA) is 84.2 Å². The molecule has 2 unspecified atom stereocenters. The van der Waals surface area contributed by atoms with E-state index in [9.17, 15) is 0 Å². The summed E-state index contributed by atoms with van der Waals surface area (Å²) in [6, 6.07) is 0.727. The Labute approximate surface area is 84.4 Å². The average molecular weight is 226 g/mol. The zero-order valence-electron chi connectivity index (χ0n) is 8.95. The van der Waals surface area contributed by atoms with Crippen molar-refractivity contribution in [3.05, 3.63) is 0 Å². The van der Waals surface area contributed by atoms with Crippen LogP contribution >= 0.6 is 7.82 Å². The lowest BCUT2D eigenvalue weighted by Gasteiger charge is -2.21. The molecule has 0 bridgehead atoms. The standard InChI is InChI=1S/C7H16N2.H3O4P/c1-6-5-8(3)7(2)9(6)4;1-5(2,3)4/h6-7H,5H2,1-4H3;(H3,1,2,3,4). The average Bonchev–Trinajstić information content (AvgIpc) is 2.14. The van der Waals surface area contributed by atoms with Crippen LogP contribution in [-0.2, 0) is 4.57 Å². The molecule has 0 aromatic heterocycles. The molecule has 1 rings (SSSR count). The molecule has 0 amide bonds. The Hall–Kier alpha value is 0.0300. The maximum Gasteiger partial charge on any atom is 0.466 e. The smallest absolute Gasteiger partial charge is 0.303 e. The molecule has 0 saturated carbocycles. The fourth-order valence-electron chi connectivity index (χ4n) is 1.38. The van der Waals surface area contributed by atoms with E-state index in [0.29, 0.717) is 6.17 Å². The Morgan fingerprint density at radius 2 is 1.57 bits per heavy atom. The maximum absolute atomic E-state index is 8.88. The molecule has 2 atom stereocenters. The quantitative estimate of drug-likeness (QED) is 0.490. The van der Waals surface area contributed by atoms with Gasteiger partial charge in [0.25, 0.3) is 0 Å². The number of likely N-dealkylation sites (N-methyl/N-ethyl adjacent to an activating group) is 2. The predicted octanol–water partition coefficient (Wildman–Crippen LogP) is -0.331. The Morgan fingerprint density at radius 1 is 1.21 bits per heavy atom. The Morgan fingerprint density at radius 3 is 1.64 bits per heavy atom. The van der Waals surface area contributed by atoms with E-state index < -0.39 is 7.82 Å². The van der Waals surface area contributed by atoms with Gasteiger partial charge in [-0.1, -0.05) is 0 Å². The van der Waals surface area contributed by atoms with Gasteiger partial charge in [0.2, 0.25) is 0 Å². The van der Waals surface area contributed by atoms with Crippen LogP contribution in [0.5, 0.6) is 0 Å². The largest absolute Gasteiger partial charge is 0.466 e. The summed E-state index contributed by atoms with van der Waals surface area (Å²) in [6.45, 7) is 5.71. The van der Waals surface area contributed by atoms with Gasteiger partial charge in [-0.2, -0.15) is 0 Å². The lowest BCUT2D eigenvalue weighted by Crippen LogP contribution is -2.32. The number of phosphoric acid groups is 1. The van der Waals surface area contributed by atoms with Gasteiger partial charge in [-0.25, -0.2) is 4.57 Å². The molecule has 0 aromatic rings. The molecule has 7 heteroatoms. The van der Waals surface area contributed by atoms with Crippen LogP contribution in [0.1, 0.15) is 13.8 Å². The normalized spacial score (nSPS) is 29.9. The summed E-state index contributed by atoms with van der Waals surface area (Å²) in [5, 5.41) is 0. The van der Waals surface area contributed by atoms with E-state index in [0.717, 1.165) is 6.04 Å². The van der Waals surface area contributed by atoms with Gasteiger partial charge in [-0.3, -0.25) is 9.80 Å². The summed E-state index contributed by atoms with van der Waals surface area (Å²) >= 11 is 0. The highest BCUT2D eigenvalue weighted by atomic mass is 31.2. The van der Waals surface area contributed by atoms with Crippen molar-refractivity contribution in [2.75, 3.05) is 20.6 Å². The van der Waals surface area contributed by atoms with E-state index >= 15 is 0 Å². The highest BCUT2D eigenvalue weighted by molar-refractivity contribution is 7.45. The molecule has 1 saturated heterocycles. The molecule has 1 fully saturated rings. The van der Waals surface area contributed by atoms with Crippen LogP contribution in [0.2, 0.25) is 0 Å². The number of hydrogen-bond donors (Lipinski definition) is 3. The fourth-order valence-corrected chi connectivity index (χ4v) is 1.38. The number of hydrogen-bond acceptors (Lipinski definition) is 3. The van der Waals surface area contributed by atoms with Gasteiger partial charge in [-0.05, 0) is 27.9 Å². The summed E-state index contributed by atoms with van der Waals surface area (Å²) in [7, 11) is -0.288. The second kappa shape index (κ2) is 5.21. The minimum atomic E-state index is -4.64. The number of nitrogens with zero attached hydrogens (tertiary/aromatic N) is 2. The van der Waals surface area contributed by atoms with Crippen molar-refractivity contribution < 1.29 is 19.2 Å². The summed E-state index contributed by atoms with van der Waals surface area (Å²) in [4.78, 5) is 26.3. The molecule has 0 spiro atoms. The highest BCUT2D eigenvalue weighted by Gasteiger charge is 2.27. The lowest BCUT2D eigenvalue weighted by atomic mass is 10.3. The van der Waals surface area contributed by atoms with Crippen LogP contribution in [-0.4, -0.2) is 57.3 Å². The van der Waals surface area contributed by atoms with E-state index in [4.69, 9.17) is 19.2 Å². The first kappa shape index (κ1) is 14.0.